The molecule has 0 fully saturated rings. The van der Waals surface area contributed by atoms with Gasteiger partial charge in [0.1, 0.15) is 0 Å². The third-order valence-corrected chi connectivity index (χ3v) is 3.17. The quantitative estimate of drug-likeness (QED) is 0.423. The molecule has 0 atom stereocenters. The van der Waals surface area contributed by atoms with Crippen LogP contribution in [0.4, 0.5) is 0 Å². The third-order valence-electron chi connectivity index (χ3n) is 2.84. The molecule has 1 rings (SSSR count). The molecule has 0 N–H and O–H groups in total. The van der Waals surface area contributed by atoms with Crippen LogP contribution < -0.4 is 0 Å². The van der Waals surface area contributed by atoms with Crippen LogP contribution in [0.1, 0.15) is 5.56 Å². The Kier molecular flexibility index (Phi) is 14.9. The van der Waals surface area contributed by atoms with Crippen molar-refractivity contribution < 1.29 is 9.47 Å². The second kappa shape index (κ2) is 14.9. The number of benzene rings is 1. The number of rotatable bonds is 12. The Bertz CT molecular complexity index is 322. The number of ether oxygens (including phenoxy) is 2. The summed E-state index contributed by atoms with van der Waals surface area (Å²) in [6.45, 7) is 5.10. The van der Waals surface area contributed by atoms with Crippen LogP contribution in [0.5, 0.6) is 0 Å². The fourth-order valence-electron chi connectivity index (χ4n) is 1.75. The van der Waals surface area contributed by atoms with E-state index in [1.807, 2.05) is 18.2 Å². The summed E-state index contributed by atoms with van der Waals surface area (Å²) in [5.41, 5.74) is 1.18. The largest absolute Gasteiger partial charge is 0.378 e. The monoisotopic (exact) mass is 355 g/mol. The minimum Gasteiger partial charge on any atom is -0.378 e. The molecular formula is C15H24Cl3NO2. The van der Waals surface area contributed by atoms with Crippen molar-refractivity contribution in [2.24, 2.45) is 0 Å². The van der Waals surface area contributed by atoms with Crippen molar-refractivity contribution in [2.75, 3.05) is 51.2 Å². The lowest BCUT2D eigenvalue weighted by atomic mass is 10.2. The van der Waals surface area contributed by atoms with E-state index < -0.39 is 0 Å². The molecule has 0 aliphatic heterocycles. The summed E-state index contributed by atoms with van der Waals surface area (Å²) < 4.78 is 11.1. The number of alkyl halides is 2. The summed E-state index contributed by atoms with van der Waals surface area (Å²) in [4.78, 5) is 2.20. The average Bonchev–Trinajstić information content (AvgIpc) is 2.47. The van der Waals surface area contributed by atoms with E-state index in [9.17, 15) is 0 Å². The lowest BCUT2D eigenvalue weighted by Crippen LogP contribution is -2.31. The van der Waals surface area contributed by atoms with Crippen LogP contribution in [0.2, 0.25) is 0 Å². The van der Waals surface area contributed by atoms with Gasteiger partial charge in [-0.25, -0.2) is 0 Å². The topological polar surface area (TPSA) is 21.7 Å². The van der Waals surface area contributed by atoms with Gasteiger partial charge in [0.25, 0.3) is 0 Å². The van der Waals surface area contributed by atoms with Gasteiger partial charge in [0, 0.05) is 31.4 Å². The molecule has 0 radical (unpaired) electrons. The molecule has 3 nitrogen and oxygen atoms in total. The Labute approximate surface area is 143 Å². The first-order valence-corrected chi connectivity index (χ1v) is 7.97. The molecule has 0 unspecified atom stereocenters. The molecule has 21 heavy (non-hydrogen) atoms. The van der Waals surface area contributed by atoms with Crippen molar-refractivity contribution in [3.8, 4) is 0 Å². The van der Waals surface area contributed by atoms with Gasteiger partial charge in [-0.15, -0.1) is 35.6 Å². The van der Waals surface area contributed by atoms with Crippen molar-refractivity contribution >= 4 is 35.6 Å². The minimum absolute atomic E-state index is 0. The van der Waals surface area contributed by atoms with Gasteiger partial charge in [-0.1, -0.05) is 30.3 Å². The van der Waals surface area contributed by atoms with Crippen molar-refractivity contribution in [3.63, 3.8) is 0 Å². The van der Waals surface area contributed by atoms with Gasteiger partial charge >= 0.3 is 0 Å². The molecule has 1 aromatic carbocycles. The van der Waals surface area contributed by atoms with Crippen LogP contribution in [0, 0.1) is 0 Å². The van der Waals surface area contributed by atoms with E-state index in [-0.39, 0.29) is 12.4 Å². The Hall–Kier alpha value is -0.0300. The third kappa shape index (κ3) is 11.2. The van der Waals surface area contributed by atoms with Gasteiger partial charge in [-0.2, -0.15) is 0 Å². The van der Waals surface area contributed by atoms with Crippen molar-refractivity contribution in [3.05, 3.63) is 35.9 Å². The van der Waals surface area contributed by atoms with E-state index in [4.69, 9.17) is 32.7 Å². The SMILES string of the molecule is Cl.ClCCN(CCCl)CCOCCOCc1ccccc1. The Morgan fingerprint density at radius 2 is 1.43 bits per heavy atom. The van der Waals surface area contributed by atoms with Gasteiger partial charge in [-0.05, 0) is 5.56 Å². The van der Waals surface area contributed by atoms with E-state index in [1.165, 1.54) is 5.56 Å². The zero-order chi connectivity index (χ0) is 14.5. The predicted molar refractivity (Wildman–Crippen MR) is 92.0 cm³/mol. The number of halogens is 3. The lowest BCUT2D eigenvalue weighted by Gasteiger charge is -2.19. The number of nitrogens with zero attached hydrogens (tertiary/aromatic N) is 1. The highest BCUT2D eigenvalue weighted by molar-refractivity contribution is 6.18. The minimum atomic E-state index is 0. The summed E-state index contributed by atoms with van der Waals surface area (Å²) in [7, 11) is 0. The van der Waals surface area contributed by atoms with E-state index in [0.717, 1.165) is 19.6 Å². The highest BCUT2D eigenvalue weighted by atomic mass is 35.5. The van der Waals surface area contributed by atoms with Crippen molar-refractivity contribution in [2.45, 2.75) is 6.61 Å². The van der Waals surface area contributed by atoms with Gasteiger partial charge in [0.15, 0.2) is 0 Å². The smallest absolute Gasteiger partial charge is 0.0718 e. The molecule has 0 bridgehead atoms. The molecule has 0 aliphatic rings. The second-order valence-electron chi connectivity index (χ2n) is 4.37. The molecule has 6 heteroatoms. The fourth-order valence-corrected chi connectivity index (χ4v) is 2.23. The number of hydrogen-bond donors (Lipinski definition) is 0. The maximum absolute atomic E-state index is 5.73. The lowest BCUT2D eigenvalue weighted by molar-refractivity contribution is 0.0334. The maximum Gasteiger partial charge on any atom is 0.0718 e. The predicted octanol–water partition coefficient (Wildman–Crippen LogP) is 3.42. The molecule has 0 saturated carbocycles. The fraction of sp³-hybridized carbons (Fsp3) is 0.600. The van der Waals surface area contributed by atoms with Gasteiger partial charge in [0.2, 0.25) is 0 Å². The summed E-state index contributed by atoms with van der Waals surface area (Å²) in [6, 6.07) is 10.1. The van der Waals surface area contributed by atoms with Gasteiger partial charge in [-0.3, -0.25) is 4.90 Å². The zero-order valence-electron chi connectivity index (χ0n) is 12.2. The Morgan fingerprint density at radius 3 is 2.05 bits per heavy atom. The molecule has 0 amide bonds. The molecular weight excluding hydrogens is 333 g/mol. The molecule has 122 valence electrons. The highest BCUT2D eigenvalue weighted by Gasteiger charge is 2.02. The number of hydrogen-bond acceptors (Lipinski definition) is 3. The molecule has 0 heterocycles. The first-order valence-electron chi connectivity index (χ1n) is 6.90. The van der Waals surface area contributed by atoms with Crippen LogP contribution in [-0.4, -0.2) is 56.1 Å². The summed E-state index contributed by atoms with van der Waals surface area (Å²) in [6.07, 6.45) is 0. The normalized spacial score (nSPS) is 10.6. The molecule has 0 aliphatic carbocycles. The standard InChI is InChI=1S/C15H23Cl2NO2.ClH/c16-6-8-18(9-7-17)10-11-19-12-13-20-14-15-4-2-1-3-5-15;/h1-5H,6-14H2;1H. The molecule has 0 saturated heterocycles. The highest BCUT2D eigenvalue weighted by Crippen LogP contribution is 2.00. The molecule has 0 aromatic heterocycles. The van der Waals surface area contributed by atoms with Crippen LogP contribution in [0.25, 0.3) is 0 Å². The van der Waals surface area contributed by atoms with E-state index in [2.05, 4.69) is 17.0 Å². The van der Waals surface area contributed by atoms with Gasteiger partial charge in [0.05, 0.1) is 26.4 Å². The maximum atomic E-state index is 5.73. The van der Waals surface area contributed by atoms with Crippen LogP contribution in [-0.2, 0) is 16.1 Å². The Balaban J connectivity index is 0.00000400. The first kappa shape index (κ1) is 21.0. The van der Waals surface area contributed by atoms with E-state index >= 15 is 0 Å². The molecule has 0 spiro atoms. The summed E-state index contributed by atoms with van der Waals surface area (Å²) in [5.74, 6) is 1.24. The van der Waals surface area contributed by atoms with Crippen molar-refractivity contribution in [1.82, 2.24) is 4.90 Å². The summed E-state index contributed by atoms with van der Waals surface area (Å²) >= 11 is 11.5. The van der Waals surface area contributed by atoms with E-state index in [0.29, 0.717) is 38.2 Å². The second-order valence-corrected chi connectivity index (χ2v) is 5.13. The average molecular weight is 357 g/mol. The van der Waals surface area contributed by atoms with Crippen LogP contribution in [0.3, 0.4) is 0 Å². The van der Waals surface area contributed by atoms with Crippen LogP contribution in [0.15, 0.2) is 30.3 Å². The summed E-state index contributed by atoms with van der Waals surface area (Å²) in [5, 5.41) is 0. The first-order chi connectivity index (χ1) is 9.86. The zero-order valence-corrected chi connectivity index (χ0v) is 14.5. The van der Waals surface area contributed by atoms with Crippen LogP contribution >= 0.6 is 35.6 Å². The van der Waals surface area contributed by atoms with Crippen molar-refractivity contribution in [1.29, 1.82) is 0 Å². The molecule has 1 aromatic rings. The van der Waals surface area contributed by atoms with Gasteiger partial charge < -0.3 is 9.47 Å². The Morgan fingerprint density at radius 1 is 0.810 bits per heavy atom. The van der Waals surface area contributed by atoms with E-state index in [1.54, 1.807) is 0 Å².